The van der Waals surface area contributed by atoms with Gasteiger partial charge in [-0.1, -0.05) is 38.0 Å². The Morgan fingerprint density at radius 3 is 2.43 bits per heavy atom. The maximum absolute atomic E-state index is 13.2. The molecular formula is C23H30N2O4S. The molecular weight excluding hydrogens is 400 g/mol. The van der Waals surface area contributed by atoms with Gasteiger partial charge < -0.3 is 10.1 Å². The summed E-state index contributed by atoms with van der Waals surface area (Å²) in [6, 6.07) is 10.4. The highest BCUT2D eigenvalue weighted by atomic mass is 32.2. The Bertz CT molecular complexity index is 1010. The summed E-state index contributed by atoms with van der Waals surface area (Å²) in [7, 11) is -2.19. The molecule has 1 aliphatic rings. The standard InChI is InChI=1S/C23H30N2O4S/c1-4-18-11-9-10-17(2)22(18)24-23(26)20-16-19(12-13-21(20)29-3)30(27,28)25-14-7-5-6-8-15-25/h9-13,16H,4-8,14-15H2,1-3H3,(H,24,26). The lowest BCUT2D eigenvalue weighted by molar-refractivity contribution is 0.102. The molecule has 0 bridgehead atoms. The van der Waals surface area contributed by atoms with Crippen molar-refractivity contribution in [3.8, 4) is 5.75 Å². The van der Waals surface area contributed by atoms with E-state index < -0.39 is 10.0 Å². The smallest absolute Gasteiger partial charge is 0.259 e. The Labute approximate surface area is 179 Å². The third-order valence-corrected chi connectivity index (χ3v) is 7.49. The largest absolute Gasteiger partial charge is 0.496 e. The van der Waals surface area contributed by atoms with Crippen molar-refractivity contribution in [2.45, 2.75) is 50.8 Å². The first kappa shape index (κ1) is 22.3. The number of amides is 1. The fourth-order valence-corrected chi connectivity index (χ4v) is 5.38. The number of hydrogen-bond donors (Lipinski definition) is 1. The highest BCUT2D eigenvalue weighted by Crippen LogP contribution is 2.28. The van der Waals surface area contributed by atoms with E-state index in [2.05, 4.69) is 5.32 Å². The number of hydrogen-bond acceptors (Lipinski definition) is 4. The summed E-state index contributed by atoms with van der Waals surface area (Å²) in [5.41, 5.74) is 2.94. The maximum Gasteiger partial charge on any atom is 0.259 e. The lowest BCUT2D eigenvalue weighted by Gasteiger charge is -2.21. The summed E-state index contributed by atoms with van der Waals surface area (Å²) in [6.45, 7) is 4.99. The second-order valence-corrected chi connectivity index (χ2v) is 9.54. The molecule has 0 spiro atoms. The van der Waals surface area contributed by atoms with Crippen molar-refractivity contribution in [3.63, 3.8) is 0 Å². The molecule has 2 aromatic rings. The van der Waals surface area contributed by atoms with E-state index in [9.17, 15) is 13.2 Å². The molecule has 0 atom stereocenters. The molecule has 6 nitrogen and oxygen atoms in total. The second kappa shape index (κ2) is 9.62. The van der Waals surface area contributed by atoms with Gasteiger partial charge >= 0.3 is 0 Å². The maximum atomic E-state index is 13.2. The molecule has 2 aromatic carbocycles. The minimum Gasteiger partial charge on any atom is -0.496 e. The van der Waals surface area contributed by atoms with Gasteiger partial charge in [0.05, 0.1) is 17.6 Å². The third kappa shape index (κ3) is 4.68. The second-order valence-electron chi connectivity index (χ2n) is 7.60. The fourth-order valence-electron chi connectivity index (χ4n) is 3.84. The van der Waals surface area contributed by atoms with Crippen LogP contribution < -0.4 is 10.1 Å². The number of carbonyl (C=O) groups is 1. The van der Waals surface area contributed by atoms with Crippen molar-refractivity contribution in [2.75, 3.05) is 25.5 Å². The number of methoxy groups -OCH3 is 1. The van der Waals surface area contributed by atoms with E-state index >= 15 is 0 Å². The molecule has 1 fully saturated rings. The van der Waals surface area contributed by atoms with Crippen LogP contribution in [0.25, 0.3) is 0 Å². The molecule has 162 valence electrons. The summed E-state index contributed by atoms with van der Waals surface area (Å²) in [5, 5.41) is 2.96. The zero-order chi connectivity index (χ0) is 21.7. The van der Waals surface area contributed by atoms with Gasteiger partial charge in [0.2, 0.25) is 10.0 Å². The summed E-state index contributed by atoms with van der Waals surface area (Å²) in [5.74, 6) is -0.0438. The number of sulfonamides is 1. The van der Waals surface area contributed by atoms with E-state index in [1.165, 1.54) is 23.5 Å². The molecule has 3 rings (SSSR count). The Morgan fingerprint density at radius 1 is 1.10 bits per heavy atom. The van der Waals surface area contributed by atoms with Crippen molar-refractivity contribution < 1.29 is 17.9 Å². The summed E-state index contributed by atoms with van der Waals surface area (Å²) >= 11 is 0. The van der Waals surface area contributed by atoms with Gasteiger partial charge in [-0.3, -0.25) is 4.79 Å². The van der Waals surface area contributed by atoms with E-state index in [-0.39, 0.29) is 16.4 Å². The van der Waals surface area contributed by atoms with E-state index in [1.54, 1.807) is 6.07 Å². The Balaban J connectivity index is 1.96. The van der Waals surface area contributed by atoms with Gasteiger partial charge in [0.25, 0.3) is 5.91 Å². The van der Waals surface area contributed by atoms with Crippen molar-refractivity contribution in [3.05, 3.63) is 53.1 Å². The van der Waals surface area contributed by atoms with Crippen LogP contribution in [0.3, 0.4) is 0 Å². The SMILES string of the molecule is CCc1cccc(C)c1NC(=O)c1cc(S(=O)(=O)N2CCCCCC2)ccc1OC. The lowest BCUT2D eigenvalue weighted by Crippen LogP contribution is -2.32. The molecule has 0 aliphatic carbocycles. The van der Waals surface area contributed by atoms with Crippen LogP contribution in [0.1, 0.15) is 54.1 Å². The predicted octanol–water partition coefficient (Wildman–Crippen LogP) is 4.38. The molecule has 0 radical (unpaired) electrons. The normalized spacial score (nSPS) is 15.4. The van der Waals surface area contributed by atoms with Crippen LogP contribution in [-0.2, 0) is 16.4 Å². The van der Waals surface area contributed by atoms with Gasteiger partial charge in [0, 0.05) is 18.8 Å². The number of benzene rings is 2. The van der Waals surface area contributed by atoms with E-state index in [1.807, 2.05) is 32.0 Å². The number of aryl methyl sites for hydroxylation is 2. The first-order chi connectivity index (χ1) is 14.4. The zero-order valence-electron chi connectivity index (χ0n) is 17.9. The van der Waals surface area contributed by atoms with Crippen molar-refractivity contribution in [1.82, 2.24) is 4.31 Å². The average Bonchev–Trinajstić information content (AvgIpc) is 3.04. The Hall–Kier alpha value is -2.38. The molecule has 0 aromatic heterocycles. The van der Waals surface area contributed by atoms with Crippen LogP contribution in [0, 0.1) is 6.92 Å². The van der Waals surface area contributed by atoms with E-state index in [4.69, 9.17) is 4.74 Å². The van der Waals surface area contributed by atoms with Crippen LogP contribution >= 0.6 is 0 Å². The summed E-state index contributed by atoms with van der Waals surface area (Å²) in [6.07, 6.45) is 4.57. The van der Waals surface area contributed by atoms with Gasteiger partial charge in [-0.2, -0.15) is 4.31 Å². The number of anilines is 1. The number of nitrogens with zero attached hydrogens (tertiary/aromatic N) is 1. The first-order valence-corrected chi connectivity index (χ1v) is 11.9. The zero-order valence-corrected chi connectivity index (χ0v) is 18.7. The van der Waals surface area contributed by atoms with Gasteiger partial charge in [-0.15, -0.1) is 0 Å². The number of nitrogens with one attached hydrogen (secondary N) is 1. The number of para-hydroxylation sites is 1. The van der Waals surface area contributed by atoms with Crippen molar-refractivity contribution in [1.29, 1.82) is 0 Å². The quantitative estimate of drug-likeness (QED) is 0.738. The molecule has 1 amide bonds. The topological polar surface area (TPSA) is 75.7 Å². The lowest BCUT2D eigenvalue weighted by atomic mass is 10.1. The van der Waals surface area contributed by atoms with Crippen molar-refractivity contribution in [2.24, 2.45) is 0 Å². The minimum absolute atomic E-state index is 0.121. The molecule has 0 saturated carbocycles. The van der Waals surface area contributed by atoms with Gasteiger partial charge in [-0.25, -0.2) is 8.42 Å². The predicted molar refractivity (Wildman–Crippen MR) is 119 cm³/mol. The molecule has 1 aliphatic heterocycles. The van der Waals surface area contributed by atoms with Crippen LogP contribution in [0.4, 0.5) is 5.69 Å². The van der Waals surface area contributed by atoms with Gasteiger partial charge in [0.1, 0.15) is 5.75 Å². The number of ether oxygens (including phenoxy) is 1. The number of carbonyl (C=O) groups excluding carboxylic acids is 1. The van der Waals surface area contributed by atoms with Crippen molar-refractivity contribution >= 4 is 21.6 Å². The molecule has 1 N–H and O–H groups in total. The third-order valence-electron chi connectivity index (χ3n) is 5.60. The van der Waals surface area contributed by atoms with Crippen LogP contribution in [0.2, 0.25) is 0 Å². The molecule has 30 heavy (non-hydrogen) atoms. The monoisotopic (exact) mass is 430 g/mol. The molecule has 1 saturated heterocycles. The van der Waals surface area contributed by atoms with Gasteiger partial charge in [0.15, 0.2) is 0 Å². The minimum atomic E-state index is -3.66. The molecule has 1 heterocycles. The fraction of sp³-hybridized carbons (Fsp3) is 0.435. The Morgan fingerprint density at radius 2 is 1.80 bits per heavy atom. The highest BCUT2D eigenvalue weighted by Gasteiger charge is 2.27. The van der Waals surface area contributed by atoms with Crippen LogP contribution in [0.15, 0.2) is 41.3 Å². The van der Waals surface area contributed by atoms with E-state index in [0.29, 0.717) is 18.8 Å². The average molecular weight is 431 g/mol. The number of rotatable bonds is 6. The first-order valence-electron chi connectivity index (χ1n) is 10.5. The highest BCUT2D eigenvalue weighted by molar-refractivity contribution is 7.89. The van der Waals surface area contributed by atoms with Gasteiger partial charge in [-0.05, 0) is 55.5 Å². The van der Waals surface area contributed by atoms with Crippen LogP contribution in [-0.4, -0.2) is 38.8 Å². The molecule has 7 heteroatoms. The molecule has 0 unspecified atom stereocenters. The summed E-state index contributed by atoms with van der Waals surface area (Å²) in [4.78, 5) is 13.2. The Kier molecular flexibility index (Phi) is 7.15. The van der Waals surface area contributed by atoms with E-state index in [0.717, 1.165) is 48.9 Å². The summed E-state index contributed by atoms with van der Waals surface area (Å²) < 4.78 is 33.2. The van der Waals surface area contributed by atoms with Crippen LogP contribution in [0.5, 0.6) is 5.75 Å².